The maximum absolute atomic E-state index is 8.81. The molecule has 0 saturated carbocycles. The van der Waals surface area contributed by atoms with Crippen LogP contribution in [0, 0.1) is 0 Å². The first-order valence-corrected chi connectivity index (χ1v) is 4.87. The molecule has 1 aromatic rings. The second-order valence-electron chi connectivity index (χ2n) is 2.97. The Bertz CT molecular complexity index is 336. The highest BCUT2D eigenvalue weighted by atomic mass is 16.5. The highest BCUT2D eigenvalue weighted by Crippen LogP contribution is 2.19. The maximum atomic E-state index is 8.81. The molecule has 1 rings (SSSR count). The fourth-order valence-electron chi connectivity index (χ4n) is 1.30. The van der Waals surface area contributed by atoms with Gasteiger partial charge >= 0.3 is 0 Å². The topological polar surface area (TPSA) is 62.1 Å². The van der Waals surface area contributed by atoms with Crippen LogP contribution in [0.3, 0.4) is 0 Å². The molecule has 0 atom stereocenters. The van der Waals surface area contributed by atoms with Crippen LogP contribution in [0.1, 0.15) is 18.9 Å². The average molecular weight is 209 g/mol. The van der Waals surface area contributed by atoms with E-state index in [-0.39, 0.29) is 13.2 Å². The lowest BCUT2D eigenvalue weighted by Gasteiger charge is -2.10. The van der Waals surface area contributed by atoms with Crippen molar-refractivity contribution in [2.45, 2.75) is 13.3 Å². The fraction of sp³-hybridized carbons (Fsp3) is 0.364. The van der Waals surface area contributed by atoms with Gasteiger partial charge in [0.1, 0.15) is 12.4 Å². The van der Waals surface area contributed by atoms with Crippen LogP contribution >= 0.6 is 0 Å². The van der Waals surface area contributed by atoms with Gasteiger partial charge in [-0.2, -0.15) is 0 Å². The van der Waals surface area contributed by atoms with E-state index < -0.39 is 0 Å². The molecule has 0 aliphatic carbocycles. The number of hydrogen-bond donors (Lipinski definition) is 2. The summed E-state index contributed by atoms with van der Waals surface area (Å²) in [5, 5.41) is 20.7. The van der Waals surface area contributed by atoms with E-state index in [4.69, 9.17) is 15.1 Å². The Kier molecular flexibility index (Phi) is 4.63. The minimum Gasteiger partial charge on any atom is -0.491 e. The normalized spacial score (nSPS) is 11.5. The minimum absolute atomic E-state index is 0.0357. The van der Waals surface area contributed by atoms with Crippen LogP contribution in [0.4, 0.5) is 0 Å². The second kappa shape index (κ2) is 6.03. The molecule has 0 amide bonds. The lowest BCUT2D eigenvalue weighted by molar-refractivity contribution is 0.201. The number of aliphatic hydroxyl groups is 1. The van der Waals surface area contributed by atoms with Crippen molar-refractivity contribution >= 4 is 5.71 Å². The summed E-state index contributed by atoms with van der Waals surface area (Å²) in [5.74, 6) is 0.626. The quantitative estimate of drug-likeness (QED) is 0.440. The summed E-state index contributed by atoms with van der Waals surface area (Å²) < 4.78 is 5.33. The first kappa shape index (κ1) is 11.5. The van der Waals surface area contributed by atoms with Gasteiger partial charge in [-0.05, 0) is 18.6 Å². The van der Waals surface area contributed by atoms with Gasteiger partial charge in [-0.15, -0.1) is 0 Å². The van der Waals surface area contributed by atoms with Gasteiger partial charge in [0.25, 0.3) is 0 Å². The van der Waals surface area contributed by atoms with Crippen LogP contribution in [0.25, 0.3) is 0 Å². The third-order valence-corrected chi connectivity index (χ3v) is 2.00. The Morgan fingerprint density at radius 3 is 2.73 bits per heavy atom. The zero-order valence-electron chi connectivity index (χ0n) is 8.68. The van der Waals surface area contributed by atoms with Gasteiger partial charge in [0.2, 0.25) is 0 Å². The Morgan fingerprint density at radius 1 is 1.40 bits per heavy atom. The van der Waals surface area contributed by atoms with Crippen molar-refractivity contribution in [3.05, 3.63) is 29.8 Å². The molecule has 0 bridgehead atoms. The zero-order valence-corrected chi connectivity index (χ0v) is 8.68. The largest absolute Gasteiger partial charge is 0.491 e. The van der Waals surface area contributed by atoms with Crippen LogP contribution in [0.2, 0.25) is 0 Å². The molecule has 1 aromatic carbocycles. The lowest BCUT2D eigenvalue weighted by Crippen LogP contribution is -2.07. The van der Waals surface area contributed by atoms with Gasteiger partial charge in [0, 0.05) is 5.56 Å². The second-order valence-corrected chi connectivity index (χ2v) is 2.97. The highest BCUT2D eigenvalue weighted by Gasteiger charge is 2.08. The summed E-state index contributed by atoms with van der Waals surface area (Å²) in [6, 6.07) is 7.29. The summed E-state index contributed by atoms with van der Waals surface area (Å²) in [4.78, 5) is 0. The molecule has 0 heterocycles. The van der Waals surface area contributed by atoms with Crippen LogP contribution in [0.15, 0.2) is 29.4 Å². The number of para-hydroxylation sites is 1. The molecule has 0 radical (unpaired) electrons. The van der Waals surface area contributed by atoms with E-state index in [0.717, 1.165) is 5.56 Å². The zero-order chi connectivity index (χ0) is 11.1. The molecule has 4 heteroatoms. The van der Waals surface area contributed by atoms with E-state index in [9.17, 15) is 0 Å². The molecule has 0 fully saturated rings. The summed E-state index contributed by atoms with van der Waals surface area (Å²) in [6.07, 6.45) is 0.621. The fourth-order valence-corrected chi connectivity index (χ4v) is 1.30. The van der Waals surface area contributed by atoms with Gasteiger partial charge in [-0.1, -0.05) is 24.2 Å². The number of rotatable bonds is 5. The number of benzene rings is 1. The molecule has 0 aromatic heterocycles. The first-order valence-electron chi connectivity index (χ1n) is 4.87. The Hall–Kier alpha value is -1.55. The molecule has 15 heavy (non-hydrogen) atoms. The van der Waals surface area contributed by atoms with Crippen molar-refractivity contribution < 1.29 is 15.1 Å². The number of oxime groups is 1. The molecule has 0 spiro atoms. The SMILES string of the molecule is CC/C(=N\O)c1ccccc1OCCO. The third kappa shape index (κ3) is 2.95. The van der Waals surface area contributed by atoms with Crippen molar-refractivity contribution in [3.63, 3.8) is 0 Å². The van der Waals surface area contributed by atoms with Crippen LogP contribution in [0.5, 0.6) is 5.75 Å². The number of nitrogens with zero attached hydrogens (tertiary/aromatic N) is 1. The van der Waals surface area contributed by atoms with Gasteiger partial charge in [0.05, 0.1) is 12.3 Å². The van der Waals surface area contributed by atoms with E-state index >= 15 is 0 Å². The average Bonchev–Trinajstić information content (AvgIpc) is 2.29. The van der Waals surface area contributed by atoms with Crippen LogP contribution < -0.4 is 4.74 Å². The van der Waals surface area contributed by atoms with Crippen LogP contribution in [-0.2, 0) is 0 Å². The van der Waals surface area contributed by atoms with Crippen LogP contribution in [-0.4, -0.2) is 29.2 Å². The Balaban J connectivity index is 2.95. The predicted molar refractivity (Wildman–Crippen MR) is 57.6 cm³/mol. The van der Waals surface area contributed by atoms with Gasteiger partial charge in [-0.25, -0.2) is 0 Å². The summed E-state index contributed by atoms with van der Waals surface area (Å²) in [6.45, 7) is 2.10. The van der Waals surface area contributed by atoms with Gasteiger partial charge < -0.3 is 15.1 Å². The molecule has 4 nitrogen and oxygen atoms in total. The monoisotopic (exact) mass is 209 g/mol. The minimum atomic E-state index is -0.0357. The molecule has 0 aliphatic rings. The van der Waals surface area contributed by atoms with E-state index in [2.05, 4.69) is 5.16 Å². The van der Waals surface area contributed by atoms with Gasteiger partial charge in [-0.3, -0.25) is 0 Å². The standard InChI is InChI=1S/C11H15NO3/c1-2-10(12-14)9-5-3-4-6-11(9)15-8-7-13/h3-6,13-14H,2,7-8H2,1H3/b12-10+. The molecule has 0 aliphatic heterocycles. The number of aliphatic hydroxyl groups excluding tert-OH is 1. The first-order chi connectivity index (χ1) is 7.33. The molecule has 82 valence electrons. The van der Waals surface area contributed by atoms with E-state index in [0.29, 0.717) is 17.9 Å². The van der Waals surface area contributed by atoms with Gasteiger partial charge in [0.15, 0.2) is 0 Å². The molecular weight excluding hydrogens is 194 g/mol. The van der Waals surface area contributed by atoms with Crippen molar-refractivity contribution in [2.75, 3.05) is 13.2 Å². The Labute approximate surface area is 88.8 Å². The van der Waals surface area contributed by atoms with E-state index in [1.807, 2.05) is 25.1 Å². The van der Waals surface area contributed by atoms with Crippen molar-refractivity contribution in [2.24, 2.45) is 5.16 Å². The highest BCUT2D eigenvalue weighted by molar-refractivity contribution is 6.02. The molecular formula is C11H15NO3. The smallest absolute Gasteiger partial charge is 0.128 e. The Morgan fingerprint density at radius 2 is 2.13 bits per heavy atom. The summed E-state index contributed by atoms with van der Waals surface area (Å²) in [7, 11) is 0. The van der Waals surface area contributed by atoms with E-state index in [1.165, 1.54) is 0 Å². The summed E-state index contributed by atoms with van der Waals surface area (Å²) >= 11 is 0. The number of hydrogen-bond acceptors (Lipinski definition) is 4. The molecule has 2 N–H and O–H groups in total. The molecule has 0 unspecified atom stereocenters. The van der Waals surface area contributed by atoms with Crippen molar-refractivity contribution in [3.8, 4) is 5.75 Å². The predicted octanol–water partition coefficient (Wildman–Crippen LogP) is 1.65. The van der Waals surface area contributed by atoms with Crippen molar-refractivity contribution in [1.29, 1.82) is 0 Å². The lowest BCUT2D eigenvalue weighted by atomic mass is 10.1. The molecule has 0 saturated heterocycles. The summed E-state index contributed by atoms with van der Waals surface area (Å²) in [5.41, 5.74) is 1.33. The number of ether oxygens (including phenoxy) is 1. The maximum Gasteiger partial charge on any atom is 0.128 e. The van der Waals surface area contributed by atoms with E-state index in [1.54, 1.807) is 6.07 Å². The van der Waals surface area contributed by atoms with Crippen molar-refractivity contribution in [1.82, 2.24) is 0 Å². The third-order valence-electron chi connectivity index (χ3n) is 2.00.